The maximum absolute atomic E-state index is 12.0. The lowest BCUT2D eigenvalue weighted by molar-refractivity contribution is 0.0960. The highest BCUT2D eigenvalue weighted by Crippen LogP contribution is 2.13. The average Bonchev–Trinajstić information content (AvgIpc) is 2.54. The number of benzene rings is 1. The maximum Gasteiger partial charge on any atom is 0.291 e. The summed E-state index contributed by atoms with van der Waals surface area (Å²) < 4.78 is 9.82. The van der Waals surface area contributed by atoms with E-state index in [1.165, 1.54) is 20.2 Å². The molecule has 0 spiro atoms. The van der Waals surface area contributed by atoms with Gasteiger partial charge in [0.05, 0.1) is 7.11 Å². The molecule has 0 fully saturated rings. The molecule has 0 radical (unpaired) electrons. The number of rotatable bonds is 4. The van der Waals surface area contributed by atoms with Gasteiger partial charge in [0, 0.05) is 24.4 Å². The molecule has 1 heterocycles. The summed E-state index contributed by atoms with van der Waals surface area (Å²) >= 11 is 0. The Balaban J connectivity index is 2.20. The predicted molar refractivity (Wildman–Crippen MR) is 79.3 cm³/mol. The molecule has 2 aromatic rings. The van der Waals surface area contributed by atoms with Gasteiger partial charge in [0.15, 0.2) is 5.76 Å². The van der Waals surface area contributed by atoms with Crippen LogP contribution in [0.2, 0.25) is 0 Å². The summed E-state index contributed by atoms with van der Waals surface area (Å²) in [5.74, 6) is -1.02. The van der Waals surface area contributed by atoms with Gasteiger partial charge < -0.3 is 19.8 Å². The minimum Gasteiger partial charge on any atom is -0.490 e. The van der Waals surface area contributed by atoms with Crippen LogP contribution in [-0.4, -0.2) is 26.0 Å². The molecule has 2 N–H and O–H groups in total. The standard InChI is InChI=1S/C15H14N2O5/c1-16-14(19)9-4-3-5-10(6-9)17-15(20)12-7-11(18)13(21-2)8-22-12/h3-8H,1-2H3,(H,16,19)(H,17,20). The number of methoxy groups -OCH3 is 1. The number of ether oxygens (including phenoxy) is 1. The number of amides is 2. The van der Waals surface area contributed by atoms with E-state index in [2.05, 4.69) is 10.6 Å². The van der Waals surface area contributed by atoms with Crippen LogP contribution in [0, 0.1) is 0 Å². The van der Waals surface area contributed by atoms with Gasteiger partial charge in [0.1, 0.15) is 6.26 Å². The summed E-state index contributed by atoms with van der Waals surface area (Å²) in [6.07, 6.45) is 1.07. The van der Waals surface area contributed by atoms with E-state index in [0.717, 1.165) is 12.3 Å². The Morgan fingerprint density at radius 2 is 1.95 bits per heavy atom. The van der Waals surface area contributed by atoms with Crippen LogP contribution in [-0.2, 0) is 0 Å². The van der Waals surface area contributed by atoms with E-state index in [9.17, 15) is 14.4 Å². The molecule has 0 unspecified atom stereocenters. The first-order valence-corrected chi connectivity index (χ1v) is 6.35. The molecule has 0 aliphatic heterocycles. The molecule has 0 saturated heterocycles. The third kappa shape index (κ3) is 3.32. The highest BCUT2D eigenvalue weighted by Gasteiger charge is 2.13. The number of carbonyl (C=O) groups is 2. The Labute approximate surface area is 125 Å². The van der Waals surface area contributed by atoms with E-state index in [-0.39, 0.29) is 17.4 Å². The van der Waals surface area contributed by atoms with Crippen LogP contribution in [0.4, 0.5) is 5.69 Å². The molecule has 0 atom stereocenters. The smallest absolute Gasteiger partial charge is 0.291 e. The van der Waals surface area contributed by atoms with Gasteiger partial charge >= 0.3 is 0 Å². The maximum atomic E-state index is 12.0. The Morgan fingerprint density at radius 1 is 1.18 bits per heavy atom. The van der Waals surface area contributed by atoms with Crippen molar-refractivity contribution in [3.8, 4) is 5.75 Å². The lowest BCUT2D eigenvalue weighted by atomic mass is 10.2. The fourth-order valence-corrected chi connectivity index (χ4v) is 1.74. The van der Waals surface area contributed by atoms with Crippen LogP contribution in [0.3, 0.4) is 0 Å². The van der Waals surface area contributed by atoms with E-state index < -0.39 is 11.3 Å². The lowest BCUT2D eigenvalue weighted by Crippen LogP contribution is -2.19. The molecule has 0 aliphatic rings. The number of hydrogen-bond acceptors (Lipinski definition) is 5. The molecule has 2 amide bonds. The zero-order chi connectivity index (χ0) is 16.1. The highest BCUT2D eigenvalue weighted by atomic mass is 16.5. The summed E-state index contributed by atoms with van der Waals surface area (Å²) in [5, 5.41) is 5.04. The Kier molecular flexibility index (Phi) is 4.57. The highest BCUT2D eigenvalue weighted by molar-refractivity contribution is 6.03. The van der Waals surface area contributed by atoms with Gasteiger partial charge in [-0.25, -0.2) is 0 Å². The minimum atomic E-state index is -0.603. The number of hydrogen-bond donors (Lipinski definition) is 2. The summed E-state index contributed by atoms with van der Waals surface area (Å²) in [5.41, 5.74) is 0.346. The van der Waals surface area contributed by atoms with Crippen molar-refractivity contribution in [1.82, 2.24) is 5.32 Å². The quantitative estimate of drug-likeness (QED) is 0.886. The van der Waals surface area contributed by atoms with Gasteiger partial charge in [-0.2, -0.15) is 0 Å². The van der Waals surface area contributed by atoms with Crippen molar-refractivity contribution in [2.75, 3.05) is 19.5 Å². The van der Waals surface area contributed by atoms with Crippen molar-refractivity contribution in [1.29, 1.82) is 0 Å². The summed E-state index contributed by atoms with van der Waals surface area (Å²) in [6, 6.07) is 7.41. The van der Waals surface area contributed by atoms with Gasteiger partial charge in [-0.3, -0.25) is 14.4 Å². The zero-order valence-corrected chi connectivity index (χ0v) is 12.0. The molecule has 114 valence electrons. The zero-order valence-electron chi connectivity index (χ0n) is 12.0. The second-order valence-electron chi connectivity index (χ2n) is 4.29. The van der Waals surface area contributed by atoms with Crippen molar-refractivity contribution < 1.29 is 18.7 Å². The van der Waals surface area contributed by atoms with Crippen LogP contribution >= 0.6 is 0 Å². The van der Waals surface area contributed by atoms with Crippen LogP contribution in [0.1, 0.15) is 20.9 Å². The van der Waals surface area contributed by atoms with Crippen LogP contribution in [0.5, 0.6) is 5.75 Å². The fourth-order valence-electron chi connectivity index (χ4n) is 1.74. The Hall–Kier alpha value is -3.09. The largest absolute Gasteiger partial charge is 0.490 e. The number of anilines is 1. The van der Waals surface area contributed by atoms with E-state index in [1.807, 2.05) is 0 Å². The normalized spacial score (nSPS) is 9.91. The van der Waals surface area contributed by atoms with E-state index >= 15 is 0 Å². The van der Waals surface area contributed by atoms with Gasteiger partial charge in [-0.15, -0.1) is 0 Å². The molecule has 0 saturated carbocycles. The summed E-state index contributed by atoms with van der Waals surface area (Å²) in [6.45, 7) is 0. The predicted octanol–water partition coefficient (Wildman–Crippen LogP) is 1.26. The van der Waals surface area contributed by atoms with Crippen LogP contribution in [0.25, 0.3) is 0 Å². The molecule has 0 aliphatic carbocycles. The van der Waals surface area contributed by atoms with Crippen LogP contribution in [0.15, 0.2) is 45.8 Å². The van der Waals surface area contributed by atoms with Crippen molar-refractivity contribution in [2.45, 2.75) is 0 Å². The average molecular weight is 302 g/mol. The third-order valence-electron chi connectivity index (χ3n) is 2.85. The molecule has 7 heteroatoms. The SMILES string of the molecule is CNC(=O)c1cccc(NC(=O)c2cc(=O)c(OC)co2)c1. The molecule has 2 rings (SSSR count). The van der Waals surface area contributed by atoms with Crippen molar-refractivity contribution in [3.63, 3.8) is 0 Å². The van der Waals surface area contributed by atoms with Crippen LogP contribution < -0.4 is 20.8 Å². The molecule has 0 bridgehead atoms. The van der Waals surface area contributed by atoms with E-state index in [1.54, 1.807) is 18.2 Å². The van der Waals surface area contributed by atoms with Gasteiger partial charge in [0.25, 0.3) is 11.8 Å². The Bertz CT molecular complexity index is 767. The molecule has 22 heavy (non-hydrogen) atoms. The van der Waals surface area contributed by atoms with Gasteiger partial charge in [-0.05, 0) is 18.2 Å². The molecular weight excluding hydrogens is 288 g/mol. The molecule has 1 aromatic carbocycles. The molecule has 7 nitrogen and oxygen atoms in total. The van der Waals surface area contributed by atoms with Gasteiger partial charge in [0.2, 0.25) is 11.2 Å². The summed E-state index contributed by atoms with van der Waals surface area (Å²) in [4.78, 5) is 35.2. The van der Waals surface area contributed by atoms with Gasteiger partial charge in [-0.1, -0.05) is 6.07 Å². The Morgan fingerprint density at radius 3 is 2.59 bits per heavy atom. The second kappa shape index (κ2) is 6.57. The van der Waals surface area contributed by atoms with Crippen molar-refractivity contribution >= 4 is 17.5 Å². The molecular formula is C15H14N2O5. The lowest BCUT2D eigenvalue weighted by Gasteiger charge is -2.06. The molecule has 1 aromatic heterocycles. The van der Waals surface area contributed by atoms with E-state index in [4.69, 9.17) is 9.15 Å². The van der Waals surface area contributed by atoms with E-state index in [0.29, 0.717) is 11.3 Å². The first-order chi connectivity index (χ1) is 10.5. The minimum absolute atomic E-state index is 0.0122. The topological polar surface area (TPSA) is 97.6 Å². The fraction of sp³-hybridized carbons (Fsp3) is 0.133. The first kappa shape index (κ1) is 15.3. The second-order valence-corrected chi connectivity index (χ2v) is 4.29. The van der Waals surface area contributed by atoms with Crippen molar-refractivity contribution in [2.24, 2.45) is 0 Å². The van der Waals surface area contributed by atoms with Crippen molar-refractivity contribution in [3.05, 3.63) is 58.1 Å². The summed E-state index contributed by atoms with van der Waals surface area (Å²) in [7, 11) is 2.84. The third-order valence-corrected chi connectivity index (χ3v) is 2.85. The first-order valence-electron chi connectivity index (χ1n) is 6.35. The monoisotopic (exact) mass is 302 g/mol. The number of carbonyl (C=O) groups excluding carboxylic acids is 2. The number of nitrogens with one attached hydrogen (secondary N) is 2.